The molecule has 5 heteroatoms. The van der Waals surface area contributed by atoms with E-state index in [4.69, 9.17) is 17.3 Å². The highest BCUT2D eigenvalue weighted by Gasteiger charge is 2.23. The Bertz CT molecular complexity index is 444. The van der Waals surface area contributed by atoms with Crippen molar-refractivity contribution < 1.29 is 8.42 Å². The average molecular weight is 248 g/mol. The summed E-state index contributed by atoms with van der Waals surface area (Å²) in [7, 11) is -3.13. The molecule has 1 rings (SSSR count). The molecular weight excluding hydrogens is 234 g/mol. The molecule has 0 saturated heterocycles. The Morgan fingerprint density at radius 1 is 1.40 bits per heavy atom. The van der Waals surface area contributed by atoms with E-state index in [0.29, 0.717) is 5.02 Å². The van der Waals surface area contributed by atoms with Crippen molar-refractivity contribution in [2.45, 2.75) is 18.2 Å². The molecule has 0 unspecified atom stereocenters. The minimum atomic E-state index is -3.13. The third-order valence-corrected chi connectivity index (χ3v) is 4.29. The van der Waals surface area contributed by atoms with Crippen LogP contribution in [0.4, 0.5) is 0 Å². The first-order chi connectivity index (χ1) is 6.82. The summed E-state index contributed by atoms with van der Waals surface area (Å²) in [4.78, 5) is 0. The van der Waals surface area contributed by atoms with Crippen molar-refractivity contribution in [3.05, 3.63) is 34.9 Å². The van der Waals surface area contributed by atoms with E-state index in [0.717, 1.165) is 5.56 Å². The Morgan fingerprint density at radius 3 is 2.47 bits per heavy atom. The first-order valence-corrected chi connectivity index (χ1v) is 6.85. The summed E-state index contributed by atoms with van der Waals surface area (Å²) in [5, 5.41) is -0.0559. The van der Waals surface area contributed by atoms with Gasteiger partial charge >= 0.3 is 0 Å². The standard InChI is InChI=1S/C10H14ClNO2S/c1-7(15(2,13)14)10(12)8-4-3-5-9(11)6-8/h3-7,10H,12H2,1-2H3/t7-,10-/m1/s1. The van der Waals surface area contributed by atoms with Crippen LogP contribution < -0.4 is 5.73 Å². The molecule has 0 aliphatic rings. The van der Waals surface area contributed by atoms with Gasteiger partial charge in [-0.3, -0.25) is 0 Å². The van der Waals surface area contributed by atoms with E-state index in [1.54, 1.807) is 31.2 Å². The lowest BCUT2D eigenvalue weighted by atomic mass is 10.1. The van der Waals surface area contributed by atoms with Gasteiger partial charge in [-0.2, -0.15) is 0 Å². The van der Waals surface area contributed by atoms with Crippen molar-refractivity contribution in [3.8, 4) is 0 Å². The third-order valence-electron chi connectivity index (χ3n) is 2.41. The van der Waals surface area contributed by atoms with Crippen LogP contribution in [0.5, 0.6) is 0 Å². The summed E-state index contributed by atoms with van der Waals surface area (Å²) in [6, 6.07) is 6.40. The first kappa shape index (κ1) is 12.5. The number of halogens is 1. The summed E-state index contributed by atoms with van der Waals surface area (Å²) < 4.78 is 22.6. The van der Waals surface area contributed by atoms with Crippen LogP contribution in [0.2, 0.25) is 5.02 Å². The Kier molecular flexibility index (Phi) is 3.76. The van der Waals surface area contributed by atoms with Gasteiger partial charge in [0.2, 0.25) is 0 Å². The van der Waals surface area contributed by atoms with E-state index >= 15 is 0 Å². The fourth-order valence-electron chi connectivity index (χ4n) is 1.25. The molecule has 15 heavy (non-hydrogen) atoms. The number of rotatable bonds is 3. The average Bonchev–Trinajstić information content (AvgIpc) is 2.14. The molecule has 0 saturated carbocycles. The highest BCUT2D eigenvalue weighted by molar-refractivity contribution is 7.91. The quantitative estimate of drug-likeness (QED) is 0.886. The summed E-state index contributed by atoms with van der Waals surface area (Å²) in [6.07, 6.45) is 1.18. The Morgan fingerprint density at radius 2 is 2.00 bits per heavy atom. The molecule has 0 amide bonds. The second-order valence-corrected chi connectivity index (χ2v) is 6.45. The number of hydrogen-bond donors (Lipinski definition) is 1. The predicted molar refractivity (Wildman–Crippen MR) is 62.7 cm³/mol. The Labute approximate surface area is 95.2 Å². The Balaban J connectivity index is 3.00. The molecular formula is C10H14ClNO2S. The van der Waals surface area contributed by atoms with Crippen LogP contribution in [0, 0.1) is 0 Å². The van der Waals surface area contributed by atoms with Crippen LogP contribution in [-0.4, -0.2) is 19.9 Å². The van der Waals surface area contributed by atoms with Gasteiger partial charge in [0.1, 0.15) is 0 Å². The van der Waals surface area contributed by atoms with E-state index in [-0.39, 0.29) is 0 Å². The van der Waals surface area contributed by atoms with Crippen LogP contribution in [0.15, 0.2) is 24.3 Å². The van der Waals surface area contributed by atoms with E-state index < -0.39 is 21.1 Å². The molecule has 1 aromatic carbocycles. The lowest BCUT2D eigenvalue weighted by molar-refractivity contribution is 0.571. The zero-order valence-electron chi connectivity index (χ0n) is 8.64. The predicted octanol–water partition coefficient (Wildman–Crippen LogP) is 1.77. The minimum absolute atomic E-state index is 0.543. The molecule has 0 spiro atoms. The van der Waals surface area contributed by atoms with E-state index in [2.05, 4.69) is 0 Å². The van der Waals surface area contributed by atoms with E-state index in [9.17, 15) is 8.42 Å². The summed E-state index contributed by atoms with van der Waals surface area (Å²) in [6.45, 7) is 1.60. The molecule has 2 N–H and O–H groups in total. The van der Waals surface area contributed by atoms with Gasteiger partial charge < -0.3 is 5.73 Å². The molecule has 1 aromatic rings. The normalized spacial score (nSPS) is 16.0. The van der Waals surface area contributed by atoms with Gasteiger partial charge in [0.05, 0.1) is 5.25 Å². The molecule has 2 atom stereocenters. The molecule has 0 heterocycles. The summed E-state index contributed by atoms with van der Waals surface area (Å²) in [5.41, 5.74) is 6.59. The maximum atomic E-state index is 11.3. The molecule has 0 bridgehead atoms. The minimum Gasteiger partial charge on any atom is -0.323 e. The molecule has 3 nitrogen and oxygen atoms in total. The van der Waals surface area contributed by atoms with Crippen LogP contribution in [0.25, 0.3) is 0 Å². The fraction of sp³-hybridized carbons (Fsp3) is 0.400. The number of benzene rings is 1. The lowest BCUT2D eigenvalue weighted by Gasteiger charge is -2.18. The SMILES string of the molecule is C[C@H]([C@@H](N)c1cccc(Cl)c1)S(C)(=O)=O. The van der Waals surface area contributed by atoms with Gasteiger partial charge in [-0.05, 0) is 24.6 Å². The molecule has 0 aromatic heterocycles. The largest absolute Gasteiger partial charge is 0.323 e. The number of nitrogens with two attached hydrogens (primary N) is 1. The highest BCUT2D eigenvalue weighted by Crippen LogP contribution is 2.21. The number of sulfone groups is 1. The van der Waals surface area contributed by atoms with E-state index in [1.807, 2.05) is 0 Å². The number of hydrogen-bond acceptors (Lipinski definition) is 3. The van der Waals surface area contributed by atoms with Gasteiger partial charge in [0, 0.05) is 17.3 Å². The maximum Gasteiger partial charge on any atom is 0.151 e. The van der Waals surface area contributed by atoms with Crippen molar-refractivity contribution in [2.24, 2.45) is 5.73 Å². The zero-order valence-corrected chi connectivity index (χ0v) is 10.2. The van der Waals surface area contributed by atoms with Crippen LogP contribution in [0.3, 0.4) is 0 Å². The molecule has 0 radical (unpaired) electrons. The van der Waals surface area contributed by atoms with Crippen LogP contribution in [-0.2, 0) is 9.84 Å². The van der Waals surface area contributed by atoms with Crippen molar-refractivity contribution >= 4 is 21.4 Å². The van der Waals surface area contributed by atoms with Crippen molar-refractivity contribution in [1.29, 1.82) is 0 Å². The lowest BCUT2D eigenvalue weighted by Crippen LogP contribution is -2.30. The van der Waals surface area contributed by atoms with Gasteiger partial charge in [0.15, 0.2) is 9.84 Å². The zero-order chi connectivity index (χ0) is 11.6. The van der Waals surface area contributed by atoms with Gasteiger partial charge in [0.25, 0.3) is 0 Å². The molecule has 0 aliphatic carbocycles. The summed E-state index contributed by atoms with van der Waals surface area (Å²) in [5.74, 6) is 0. The van der Waals surface area contributed by atoms with Crippen LogP contribution >= 0.6 is 11.6 Å². The summed E-state index contributed by atoms with van der Waals surface area (Å²) >= 11 is 5.80. The smallest absolute Gasteiger partial charge is 0.151 e. The van der Waals surface area contributed by atoms with Gasteiger partial charge in [-0.1, -0.05) is 23.7 Å². The third kappa shape index (κ3) is 3.19. The van der Waals surface area contributed by atoms with Gasteiger partial charge in [-0.25, -0.2) is 8.42 Å². The van der Waals surface area contributed by atoms with E-state index in [1.165, 1.54) is 6.26 Å². The molecule has 84 valence electrons. The highest BCUT2D eigenvalue weighted by atomic mass is 35.5. The monoisotopic (exact) mass is 247 g/mol. The fourth-order valence-corrected chi connectivity index (χ4v) is 2.14. The van der Waals surface area contributed by atoms with Crippen molar-refractivity contribution in [1.82, 2.24) is 0 Å². The maximum absolute atomic E-state index is 11.3. The second kappa shape index (κ2) is 4.51. The van der Waals surface area contributed by atoms with Gasteiger partial charge in [-0.15, -0.1) is 0 Å². The van der Waals surface area contributed by atoms with Crippen molar-refractivity contribution in [2.75, 3.05) is 6.26 Å². The topological polar surface area (TPSA) is 60.2 Å². The second-order valence-electron chi connectivity index (χ2n) is 3.62. The van der Waals surface area contributed by atoms with Crippen LogP contribution in [0.1, 0.15) is 18.5 Å². The molecule has 0 aliphatic heterocycles. The van der Waals surface area contributed by atoms with Crippen molar-refractivity contribution in [3.63, 3.8) is 0 Å². The Hall–Kier alpha value is -0.580. The molecule has 0 fully saturated rings. The first-order valence-electron chi connectivity index (χ1n) is 4.52.